The van der Waals surface area contributed by atoms with E-state index >= 15 is 0 Å². The summed E-state index contributed by atoms with van der Waals surface area (Å²) in [4.78, 5) is 15.3. The first-order valence-corrected chi connectivity index (χ1v) is 7.40. The molecule has 1 heterocycles. The first kappa shape index (κ1) is 15.6. The molecule has 0 saturated carbocycles. The molecular weight excluding hydrogens is 264 g/mol. The number of carbonyl (C=O) groups is 1. The molecule has 21 heavy (non-hydrogen) atoms. The lowest BCUT2D eigenvalue weighted by Crippen LogP contribution is -2.42. The van der Waals surface area contributed by atoms with Crippen molar-refractivity contribution in [2.45, 2.75) is 25.8 Å². The van der Waals surface area contributed by atoms with Gasteiger partial charge in [0, 0.05) is 30.9 Å². The van der Waals surface area contributed by atoms with Crippen molar-refractivity contribution in [3.63, 3.8) is 0 Å². The van der Waals surface area contributed by atoms with Crippen LogP contribution in [-0.4, -0.2) is 49.2 Å². The molecule has 0 atom stereocenters. The summed E-state index contributed by atoms with van der Waals surface area (Å²) < 4.78 is 0. The second kappa shape index (κ2) is 6.76. The van der Waals surface area contributed by atoms with E-state index in [2.05, 4.69) is 36.9 Å². The van der Waals surface area contributed by atoms with Crippen molar-refractivity contribution < 1.29 is 9.90 Å². The highest BCUT2D eigenvalue weighted by molar-refractivity contribution is 5.85. The van der Waals surface area contributed by atoms with Gasteiger partial charge in [-0.2, -0.15) is 0 Å². The smallest absolute Gasteiger partial charge is 0.328 e. The zero-order valence-electron chi connectivity index (χ0n) is 13.0. The van der Waals surface area contributed by atoms with Gasteiger partial charge in [0.05, 0.1) is 0 Å². The third-order valence-electron chi connectivity index (χ3n) is 4.17. The van der Waals surface area contributed by atoms with Crippen molar-refractivity contribution in [3.05, 3.63) is 35.4 Å². The Kier molecular flexibility index (Phi) is 5.02. The monoisotopic (exact) mass is 288 g/mol. The number of benzene rings is 1. The molecule has 0 radical (unpaired) electrons. The lowest BCUT2D eigenvalue weighted by molar-refractivity contribution is -0.131. The molecule has 4 nitrogen and oxygen atoms in total. The number of carboxylic acid groups (broad SMARTS) is 1. The average Bonchev–Trinajstić information content (AvgIpc) is 2.45. The zero-order valence-corrected chi connectivity index (χ0v) is 13.0. The van der Waals surface area contributed by atoms with Crippen LogP contribution in [0.1, 0.15) is 24.0 Å². The number of rotatable bonds is 4. The maximum Gasteiger partial charge on any atom is 0.328 e. The second-order valence-corrected chi connectivity index (χ2v) is 5.90. The largest absolute Gasteiger partial charge is 0.478 e. The molecule has 0 bridgehead atoms. The van der Waals surface area contributed by atoms with Crippen LogP contribution in [0.25, 0.3) is 6.08 Å². The standard InChI is InChI=1S/C17H24N2O2/c1-13-12-14(5-7-17(20)21)4-6-16(13)19-10-8-15(9-11-19)18(2)3/h4-7,12,15H,8-11H2,1-3H3,(H,20,21). The third kappa shape index (κ3) is 4.08. The SMILES string of the molecule is Cc1cc(C=CC(=O)O)ccc1N1CCC(N(C)C)CC1. The van der Waals surface area contributed by atoms with Crippen LogP contribution in [0, 0.1) is 6.92 Å². The minimum atomic E-state index is -0.914. The number of anilines is 1. The summed E-state index contributed by atoms with van der Waals surface area (Å²) >= 11 is 0. The van der Waals surface area contributed by atoms with Gasteiger partial charge in [-0.3, -0.25) is 0 Å². The molecule has 1 aliphatic heterocycles. The Labute approximate surface area is 126 Å². The summed E-state index contributed by atoms with van der Waals surface area (Å²) in [5.74, 6) is -0.914. The van der Waals surface area contributed by atoms with Gasteiger partial charge in [0.15, 0.2) is 0 Å². The quantitative estimate of drug-likeness (QED) is 0.865. The van der Waals surface area contributed by atoms with Gasteiger partial charge in [0.25, 0.3) is 0 Å². The summed E-state index contributed by atoms with van der Waals surface area (Å²) in [6, 6.07) is 6.82. The second-order valence-electron chi connectivity index (χ2n) is 5.90. The summed E-state index contributed by atoms with van der Waals surface area (Å²) in [5.41, 5.74) is 3.40. The number of nitrogens with zero attached hydrogens (tertiary/aromatic N) is 2. The van der Waals surface area contributed by atoms with Crippen molar-refractivity contribution in [1.29, 1.82) is 0 Å². The number of hydrogen-bond donors (Lipinski definition) is 1. The molecule has 114 valence electrons. The number of aryl methyl sites for hydroxylation is 1. The molecule has 1 aromatic carbocycles. The first-order chi connectivity index (χ1) is 9.97. The topological polar surface area (TPSA) is 43.8 Å². The molecule has 1 fully saturated rings. The van der Waals surface area contributed by atoms with Crippen LogP contribution in [0.15, 0.2) is 24.3 Å². The van der Waals surface area contributed by atoms with E-state index in [9.17, 15) is 4.79 Å². The van der Waals surface area contributed by atoms with Crippen LogP contribution in [-0.2, 0) is 4.79 Å². The predicted octanol–water partition coefficient (Wildman–Crippen LogP) is 2.62. The third-order valence-corrected chi connectivity index (χ3v) is 4.17. The van der Waals surface area contributed by atoms with Gasteiger partial charge in [0.1, 0.15) is 0 Å². The fourth-order valence-electron chi connectivity index (χ4n) is 2.93. The van der Waals surface area contributed by atoms with Gasteiger partial charge in [-0.15, -0.1) is 0 Å². The number of hydrogen-bond acceptors (Lipinski definition) is 3. The summed E-state index contributed by atoms with van der Waals surface area (Å²) in [6.07, 6.45) is 5.19. The molecule has 0 unspecified atom stereocenters. The molecule has 0 spiro atoms. The van der Waals surface area contributed by atoms with Gasteiger partial charge in [0.2, 0.25) is 0 Å². The maximum atomic E-state index is 10.6. The molecule has 4 heteroatoms. The van der Waals surface area contributed by atoms with E-state index in [1.165, 1.54) is 30.2 Å². The molecule has 1 aromatic rings. The van der Waals surface area contributed by atoms with Gasteiger partial charge < -0.3 is 14.9 Å². The zero-order chi connectivity index (χ0) is 15.4. The van der Waals surface area contributed by atoms with Gasteiger partial charge in [-0.1, -0.05) is 6.07 Å². The van der Waals surface area contributed by atoms with Crippen molar-refractivity contribution >= 4 is 17.7 Å². The van der Waals surface area contributed by atoms with Crippen molar-refractivity contribution in [2.24, 2.45) is 0 Å². The van der Waals surface area contributed by atoms with E-state index in [4.69, 9.17) is 5.11 Å². The van der Waals surface area contributed by atoms with Crippen LogP contribution in [0.3, 0.4) is 0 Å². The Bertz CT molecular complexity index is 530. The Morgan fingerprint density at radius 3 is 2.52 bits per heavy atom. The fourth-order valence-corrected chi connectivity index (χ4v) is 2.93. The molecule has 0 aromatic heterocycles. The maximum absolute atomic E-state index is 10.6. The molecule has 1 aliphatic rings. The Morgan fingerprint density at radius 2 is 2.00 bits per heavy atom. The van der Waals surface area contributed by atoms with Gasteiger partial charge >= 0.3 is 5.97 Å². The molecule has 0 aliphatic carbocycles. The molecular formula is C17H24N2O2. The van der Waals surface area contributed by atoms with Gasteiger partial charge in [-0.25, -0.2) is 4.79 Å². The van der Waals surface area contributed by atoms with Crippen molar-refractivity contribution in [1.82, 2.24) is 4.90 Å². The molecule has 0 amide bonds. The number of carboxylic acids is 1. The van der Waals surface area contributed by atoms with E-state index in [1.54, 1.807) is 6.08 Å². The molecule has 1 saturated heterocycles. The van der Waals surface area contributed by atoms with Crippen LogP contribution in [0.5, 0.6) is 0 Å². The summed E-state index contributed by atoms with van der Waals surface area (Å²) in [5, 5.41) is 8.67. The van der Waals surface area contributed by atoms with E-state index in [-0.39, 0.29) is 0 Å². The van der Waals surface area contributed by atoms with E-state index in [0.717, 1.165) is 18.7 Å². The van der Waals surface area contributed by atoms with Crippen LogP contribution in [0.4, 0.5) is 5.69 Å². The fraction of sp³-hybridized carbons (Fsp3) is 0.471. The lowest BCUT2D eigenvalue weighted by Gasteiger charge is -2.37. The highest BCUT2D eigenvalue weighted by atomic mass is 16.4. The van der Waals surface area contributed by atoms with Crippen LogP contribution in [0.2, 0.25) is 0 Å². The number of piperidine rings is 1. The highest BCUT2D eigenvalue weighted by Crippen LogP contribution is 2.26. The number of aliphatic carboxylic acids is 1. The average molecular weight is 288 g/mol. The summed E-state index contributed by atoms with van der Waals surface area (Å²) in [7, 11) is 4.30. The Morgan fingerprint density at radius 1 is 1.33 bits per heavy atom. The van der Waals surface area contributed by atoms with E-state index < -0.39 is 5.97 Å². The van der Waals surface area contributed by atoms with E-state index in [1.807, 2.05) is 12.1 Å². The first-order valence-electron chi connectivity index (χ1n) is 7.40. The minimum Gasteiger partial charge on any atom is -0.478 e. The van der Waals surface area contributed by atoms with Crippen molar-refractivity contribution in [2.75, 3.05) is 32.1 Å². The summed E-state index contributed by atoms with van der Waals surface area (Å²) in [6.45, 7) is 4.24. The van der Waals surface area contributed by atoms with E-state index in [0.29, 0.717) is 6.04 Å². The van der Waals surface area contributed by atoms with Crippen LogP contribution >= 0.6 is 0 Å². The highest BCUT2D eigenvalue weighted by Gasteiger charge is 2.21. The Hall–Kier alpha value is -1.81. The molecule has 2 rings (SSSR count). The van der Waals surface area contributed by atoms with Crippen LogP contribution < -0.4 is 4.90 Å². The Balaban J connectivity index is 2.06. The minimum absolute atomic E-state index is 0.680. The lowest BCUT2D eigenvalue weighted by atomic mass is 10.0. The molecule has 1 N–H and O–H groups in total. The van der Waals surface area contributed by atoms with Crippen molar-refractivity contribution in [3.8, 4) is 0 Å². The predicted molar refractivity (Wildman–Crippen MR) is 86.8 cm³/mol. The van der Waals surface area contributed by atoms with Gasteiger partial charge in [-0.05, 0) is 63.2 Å². The normalized spacial score (nSPS) is 16.9.